The van der Waals surface area contributed by atoms with E-state index in [4.69, 9.17) is 9.47 Å². The van der Waals surface area contributed by atoms with E-state index in [0.29, 0.717) is 0 Å². The lowest BCUT2D eigenvalue weighted by Crippen LogP contribution is -2.08. The molecule has 1 aromatic rings. The average Bonchev–Trinajstić information content (AvgIpc) is 2.28. The average molecular weight is 219 g/mol. The molecular weight excluding hydrogens is 200 g/mol. The smallest absolute Gasteiger partial charge is 0.124 e. The van der Waals surface area contributed by atoms with Crippen molar-refractivity contribution in [3.63, 3.8) is 0 Å². The normalized spacial score (nSPS) is 10.6. The third-order valence-electron chi connectivity index (χ3n) is 2.28. The summed E-state index contributed by atoms with van der Waals surface area (Å²) in [6.07, 6.45) is 1.98. The molecule has 2 heteroatoms. The van der Waals surface area contributed by atoms with Crippen LogP contribution in [0.25, 0.3) is 0 Å². The fourth-order valence-corrected chi connectivity index (χ4v) is 1.41. The van der Waals surface area contributed by atoms with Gasteiger partial charge in [-0.3, -0.25) is 0 Å². The highest BCUT2D eigenvalue weighted by atomic mass is 16.5. The quantitative estimate of drug-likeness (QED) is 0.753. The van der Waals surface area contributed by atoms with Crippen molar-refractivity contribution in [3.05, 3.63) is 42.3 Å². The maximum atomic E-state index is 5.74. The van der Waals surface area contributed by atoms with Crippen molar-refractivity contribution in [1.29, 1.82) is 0 Å². The second kappa shape index (κ2) is 5.59. The largest absolute Gasteiger partial charge is 0.497 e. The van der Waals surface area contributed by atoms with E-state index in [1.807, 2.05) is 45.0 Å². The van der Waals surface area contributed by atoms with E-state index in [1.54, 1.807) is 7.11 Å². The van der Waals surface area contributed by atoms with Crippen molar-refractivity contribution < 1.29 is 9.47 Å². The van der Waals surface area contributed by atoms with Crippen molar-refractivity contribution in [1.82, 2.24) is 0 Å². The minimum absolute atomic E-state index is 0.157. The molecule has 2 nitrogen and oxygen atoms in total. The molecule has 0 aliphatic heterocycles. The minimum Gasteiger partial charge on any atom is -0.497 e. The number of hydrogen-bond acceptors (Lipinski definition) is 2. The van der Waals surface area contributed by atoms with Crippen LogP contribution in [0.5, 0.6) is 11.5 Å². The van der Waals surface area contributed by atoms with Gasteiger partial charge in [-0.1, -0.05) is 13.0 Å². The molecular formula is C14H19O2. The van der Waals surface area contributed by atoms with Gasteiger partial charge in [0.05, 0.1) is 13.2 Å². The minimum atomic E-state index is 0.157. The van der Waals surface area contributed by atoms with Gasteiger partial charge < -0.3 is 9.47 Å². The van der Waals surface area contributed by atoms with Gasteiger partial charge in [-0.2, -0.15) is 0 Å². The molecule has 0 fully saturated rings. The number of hydrogen-bond donors (Lipinski definition) is 0. The Labute approximate surface area is 97.9 Å². The Hall–Kier alpha value is -1.44. The van der Waals surface area contributed by atoms with Gasteiger partial charge in [-0.15, -0.1) is 6.58 Å². The predicted octanol–water partition coefficient (Wildman–Crippen LogP) is 3.61. The summed E-state index contributed by atoms with van der Waals surface area (Å²) < 4.78 is 10.9. The number of methoxy groups -OCH3 is 1. The van der Waals surface area contributed by atoms with E-state index < -0.39 is 0 Å². The van der Waals surface area contributed by atoms with Gasteiger partial charge in [-0.25, -0.2) is 0 Å². The maximum Gasteiger partial charge on any atom is 0.124 e. The summed E-state index contributed by atoms with van der Waals surface area (Å²) >= 11 is 0. The van der Waals surface area contributed by atoms with Crippen molar-refractivity contribution >= 4 is 0 Å². The van der Waals surface area contributed by atoms with Crippen LogP contribution in [-0.4, -0.2) is 13.2 Å². The highest BCUT2D eigenvalue weighted by molar-refractivity contribution is 5.50. The summed E-state index contributed by atoms with van der Waals surface area (Å²) in [4.78, 5) is 0. The SMILES string of the molecule is C=C[C](C)c1cc(OC)ccc1OC(C)C. The Morgan fingerprint density at radius 3 is 2.56 bits per heavy atom. The first-order valence-electron chi connectivity index (χ1n) is 5.39. The Bertz CT molecular complexity index is 356. The molecule has 0 bridgehead atoms. The number of benzene rings is 1. The highest BCUT2D eigenvalue weighted by Crippen LogP contribution is 2.31. The van der Waals surface area contributed by atoms with Gasteiger partial charge in [0.1, 0.15) is 11.5 Å². The van der Waals surface area contributed by atoms with Gasteiger partial charge in [0.15, 0.2) is 0 Å². The van der Waals surface area contributed by atoms with E-state index in [1.165, 1.54) is 0 Å². The first-order chi connectivity index (χ1) is 7.58. The molecule has 87 valence electrons. The summed E-state index contributed by atoms with van der Waals surface area (Å²) in [5.41, 5.74) is 1.03. The van der Waals surface area contributed by atoms with Crippen LogP contribution in [0.2, 0.25) is 0 Å². The lowest BCUT2D eigenvalue weighted by Gasteiger charge is -2.17. The van der Waals surface area contributed by atoms with Crippen LogP contribution in [0.1, 0.15) is 26.3 Å². The highest BCUT2D eigenvalue weighted by Gasteiger charge is 2.12. The Kier molecular flexibility index (Phi) is 4.41. The first-order valence-corrected chi connectivity index (χ1v) is 5.39. The molecule has 1 aromatic carbocycles. The van der Waals surface area contributed by atoms with E-state index in [-0.39, 0.29) is 6.10 Å². The molecule has 0 atom stereocenters. The molecule has 1 radical (unpaired) electrons. The van der Waals surface area contributed by atoms with Crippen LogP contribution in [0.4, 0.5) is 0 Å². The molecule has 0 saturated carbocycles. The van der Waals surface area contributed by atoms with Gasteiger partial charge in [0.2, 0.25) is 0 Å². The molecule has 0 saturated heterocycles. The maximum absolute atomic E-state index is 5.74. The zero-order chi connectivity index (χ0) is 12.1. The lowest BCUT2D eigenvalue weighted by atomic mass is 10.00. The standard InChI is InChI=1S/C14H19O2/c1-6-11(4)13-9-12(15-5)7-8-14(13)16-10(2)3/h6-10H,1H2,2-5H3. The molecule has 0 heterocycles. The Morgan fingerprint density at radius 1 is 1.38 bits per heavy atom. The van der Waals surface area contributed by atoms with Crippen LogP contribution < -0.4 is 9.47 Å². The zero-order valence-corrected chi connectivity index (χ0v) is 10.4. The van der Waals surface area contributed by atoms with Crippen molar-refractivity contribution in [3.8, 4) is 11.5 Å². The van der Waals surface area contributed by atoms with Crippen molar-refractivity contribution in [2.75, 3.05) is 7.11 Å². The van der Waals surface area contributed by atoms with Gasteiger partial charge >= 0.3 is 0 Å². The monoisotopic (exact) mass is 219 g/mol. The second-order valence-corrected chi connectivity index (χ2v) is 3.92. The molecule has 16 heavy (non-hydrogen) atoms. The number of ether oxygens (including phenoxy) is 2. The molecule has 1 rings (SSSR count). The molecule has 0 aliphatic rings. The van der Waals surface area contributed by atoms with Gasteiger partial charge in [-0.05, 0) is 32.0 Å². The van der Waals surface area contributed by atoms with Crippen LogP contribution in [-0.2, 0) is 0 Å². The number of allylic oxidation sites excluding steroid dienone is 1. The van der Waals surface area contributed by atoms with Crippen LogP contribution >= 0.6 is 0 Å². The lowest BCUT2D eigenvalue weighted by molar-refractivity contribution is 0.240. The molecule has 0 amide bonds. The molecule has 0 aromatic heterocycles. The molecule has 0 unspecified atom stereocenters. The third-order valence-corrected chi connectivity index (χ3v) is 2.28. The van der Waals surface area contributed by atoms with Crippen molar-refractivity contribution in [2.45, 2.75) is 26.9 Å². The fourth-order valence-electron chi connectivity index (χ4n) is 1.41. The first kappa shape index (κ1) is 12.6. The summed E-state index contributed by atoms with van der Waals surface area (Å²) in [5.74, 6) is 2.77. The van der Waals surface area contributed by atoms with E-state index in [0.717, 1.165) is 23.0 Å². The third kappa shape index (κ3) is 3.02. The predicted molar refractivity (Wildman–Crippen MR) is 67.0 cm³/mol. The fraction of sp³-hybridized carbons (Fsp3) is 0.357. The molecule has 0 N–H and O–H groups in total. The second-order valence-electron chi connectivity index (χ2n) is 3.92. The summed E-state index contributed by atoms with van der Waals surface area (Å²) in [6.45, 7) is 9.81. The summed E-state index contributed by atoms with van der Waals surface area (Å²) in [6, 6.07) is 5.80. The van der Waals surface area contributed by atoms with Crippen LogP contribution in [0.3, 0.4) is 0 Å². The van der Waals surface area contributed by atoms with E-state index in [2.05, 4.69) is 6.58 Å². The van der Waals surface area contributed by atoms with Crippen LogP contribution in [0, 0.1) is 5.92 Å². The van der Waals surface area contributed by atoms with Gasteiger partial charge in [0, 0.05) is 11.5 Å². The Balaban J connectivity index is 3.10. The molecule has 0 aliphatic carbocycles. The topological polar surface area (TPSA) is 18.5 Å². The summed E-state index contributed by atoms with van der Waals surface area (Å²) in [5, 5.41) is 0. The Morgan fingerprint density at radius 2 is 2.06 bits per heavy atom. The summed E-state index contributed by atoms with van der Waals surface area (Å²) in [7, 11) is 1.66. The zero-order valence-electron chi connectivity index (χ0n) is 10.4. The van der Waals surface area contributed by atoms with E-state index >= 15 is 0 Å². The van der Waals surface area contributed by atoms with Crippen LogP contribution in [0.15, 0.2) is 30.9 Å². The van der Waals surface area contributed by atoms with Crippen molar-refractivity contribution in [2.24, 2.45) is 0 Å². The number of rotatable bonds is 5. The van der Waals surface area contributed by atoms with Gasteiger partial charge in [0.25, 0.3) is 0 Å². The van der Waals surface area contributed by atoms with E-state index in [9.17, 15) is 0 Å². The molecule has 0 spiro atoms.